The molecule has 4 heteroatoms. The Hall–Kier alpha value is -1.84. The lowest BCUT2D eigenvalue weighted by Crippen LogP contribution is -2.46. The number of benzene rings is 1. The van der Waals surface area contributed by atoms with Gasteiger partial charge in [0.2, 0.25) is 0 Å². The number of nitrogens with one attached hydrogen (secondary N) is 1. The van der Waals surface area contributed by atoms with Gasteiger partial charge in [-0.3, -0.25) is 9.59 Å². The van der Waals surface area contributed by atoms with Crippen molar-refractivity contribution >= 4 is 11.8 Å². The fourth-order valence-electron chi connectivity index (χ4n) is 2.95. The molecule has 0 radical (unpaired) electrons. The summed E-state index contributed by atoms with van der Waals surface area (Å²) in [4.78, 5) is 26.2. The molecule has 0 atom stereocenters. The fraction of sp³-hybridized carbons (Fsp3) is 0.556. The number of nitrogens with zero attached hydrogens (tertiary/aromatic N) is 1. The smallest absolute Gasteiger partial charge is 0.312 e. The topological polar surface area (TPSA) is 49.4 Å². The second kappa shape index (κ2) is 8.57. The number of rotatable bonds is 4. The Morgan fingerprint density at radius 2 is 1.73 bits per heavy atom. The second-order valence-electron chi connectivity index (χ2n) is 5.97. The molecule has 1 aliphatic carbocycles. The van der Waals surface area contributed by atoms with Gasteiger partial charge in [0, 0.05) is 19.1 Å². The first-order valence-electron chi connectivity index (χ1n) is 8.34. The molecule has 0 saturated heterocycles. The van der Waals surface area contributed by atoms with Crippen LogP contribution < -0.4 is 5.32 Å². The SMILES string of the molecule is CCN(Cc1ccccc1)C(=O)C(=O)NC1CCCCCC1. The fourth-order valence-corrected chi connectivity index (χ4v) is 2.95. The van der Waals surface area contributed by atoms with Crippen molar-refractivity contribution in [3.05, 3.63) is 35.9 Å². The molecule has 1 aromatic rings. The van der Waals surface area contributed by atoms with E-state index in [1.54, 1.807) is 4.90 Å². The van der Waals surface area contributed by atoms with Gasteiger partial charge in [0.15, 0.2) is 0 Å². The van der Waals surface area contributed by atoms with Gasteiger partial charge in [-0.25, -0.2) is 0 Å². The summed E-state index contributed by atoms with van der Waals surface area (Å²) in [5.41, 5.74) is 1.04. The van der Waals surface area contributed by atoms with Gasteiger partial charge >= 0.3 is 11.8 Å². The zero-order valence-corrected chi connectivity index (χ0v) is 13.4. The number of hydrogen-bond acceptors (Lipinski definition) is 2. The molecule has 0 bridgehead atoms. The molecule has 1 N–H and O–H groups in total. The van der Waals surface area contributed by atoms with Crippen LogP contribution in [-0.2, 0) is 16.1 Å². The summed E-state index contributed by atoms with van der Waals surface area (Å²) < 4.78 is 0. The van der Waals surface area contributed by atoms with Gasteiger partial charge in [-0.1, -0.05) is 56.0 Å². The van der Waals surface area contributed by atoms with Crippen molar-refractivity contribution < 1.29 is 9.59 Å². The van der Waals surface area contributed by atoms with E-state index in [2.05, 4.69) is 5.32 Å². The van der Waals surface area contributed by atoms with Crippen LogP contribution >= 0.6 is 0 Å². The monoisotopic (exact) mass is 302 g/mol. The van der Waals surface area contributed by atoms with E-state index in [1.165, 1.54) is 12.8 Å². The maximum absolute atomic E-state index is 12.4. The highest BCUT2D eigenvalue weighted by Crippen LogP contribution is 2.17. The number of likely N-dealkylation sites (N-methyl/N-ethyl adjacent to an activating group) is 1. The Morgan fingerprint density at radius 3 is 2.32 bits per heavy atom. The van der Waals surface area contributed by atoms with Crippen LogP contribution in [0.4, 0.5) is 0 Å². The summed E-state index contributed by atoms with van der Waals surface area (Å²) in [6, 6.07) is 9.94. The van der Waals surface area contributed by atoms with E-state index in [9.17, 15) is 9.59 Å². The van der Waals surface area contributed by atoms with Crippen LogP contribution in [0.2, 0.25) is 0 Å². The van der Waals surface area contributed by atoms with Crippen molar-refractivity contribution in [3.8, 4) is 0 Å². The van der Waals surface area contributed by atoms with Crippen LogP contribution in [-0.4, -0.2) is 29.3 Å². The molecular weight excluding hydrogens is 276 g/mol. The van der Waals surface area contributed by atoms with Crippen LogP contribution in [0.25, 0.3) is 0 Å². The predicted molar refractivity (Wildman–Crippen MR) is 87.2 cm³/mol. The average molecular weight is 302 g/mol. The highest BCUT2D eigenvalue weighted by atomic mass is 16.2. The van der Waals surface area contributed by atoms with Gasteiger partial charge in [0.05, 0.1) is 0 Å². The van der Waals surface area contributed by atoms with Crippen molar-refractivity contribution in [2.45, 2.75) is 58.0 Å². The van der Waals surface area contributed by atoms with Crippen LogP contribution in [0, 0.1) is 0 Å². The van der Waals surface area contributed by atoms with Crippen molar-refractivity contribution in [2.75, 3.05) is 6.54 Å². The number of carbonyl (C=O) groups is 2. The largest absolute Gasteiger partial charge is 0.345 e. The Balaban J connectivity index is 1.90. The highest BCUT2D eigenvalue weighted by Gasteiger charge is 2.23. The molecule has 22 heavy (non-hydrogen) atoms. The molecule has 0 aromatic heterocycles. The minimum atomic E-state index is -0.454. The first-order valence-corrected chi connectivity index (χ1v) is 8.34. The standard InChI is InChI=1S/C18H26N2O2/c1-2-20(14-15-10-6-5-7-11-15)18(22)17(21)19-16-12-8-3-4-9-13-16/h5-7,10-11,16H,2-4,8-9,12-14H2,1H3,(H,19,21). The third kappa shape index (κ3) is 4.86. The zero-order valence-electron chi connectivity index (χ0n) is 13.4. The molecule has 120 valence electrons. The molecule has 0 unspecified atom stereocenters. The molecule has 0 aliphatic heterocycles. The molecule has 2 amide bonds. The van der Waals surface area contributed by atoms with Crippen molar-refractivity contribution in [3.63, 3.8) is 0 Å². The van der Waals surface area contributed by atoms with E-state index in [-0.39, 0.29) is 6.04 Å². The van der Waals surface area contributed by atoms with E-state index in [4.69, 9.17) is 0 Å². The van der Waals surface area contributed by atoms with Gasteiger partial charge in [0.1, 0.15) is 0 Å². The van der Waals surface area contributed by atoms with Gasteiger partial charge in [-0.05, 0) is 25.3 Å². The van der Waals surface area contributed by atoms with Gasteiger partial charge in [-0.2, -0.15) is 0 Å². The summed E-state index contributed by atoms with van der Waals surface area (Å²) in [5.74, 6) is -0.875. The second-order valence-corrected chi connectivity index (χ2v) is 5.97. The molecule has 1 saturated carbocycles. The van der Waals surface area contributed by atoms with E-state index >= 15 is 0 Å². The molecule has 0 spiro atoms. The quantitative estimate of drug-likeness (QED) is 0.687. The molecule has 1 fully saturated rings. The third-order valence-corrected chi connectivity index (χ3v) is 4.27. The molecular formula is C18H26N2O2. The summed E-state index contributed by atoms with van der Waals surface area (Å²) >= 11 is 0. The first kappa shape index (κ1) is 16.5. The third-order valence-electron chi connectivity index (χ3n) is 4.27. The van der Waals surface area contributed by atoms with Crippen LogP contribution in [0.5, 0.6) is 0 Å². The van der Waals surface area contributed by atoms with Crippen molar-refractivity contribution in [2.24, 2.45) is 0 Å². The highest BCUT2D eigenvalue weighted by molar-refractivity contribution is 6.35. The molecule has 4 nitrogen and oxygen atoms in total. The molecule has 1 aliphatic rings. The maximum atomic E-state index is 12.4. The van der Waals surface area contributed by atoms with Crippen LogP contribution in [0.1, 0.15) is 51.0 Å². The van der Waals surface area contributed by atoms with Crippen molar-refractivity contribution in [1.82, 2.24) is 10.2 Å². The Kier molecular flexibility index (Phi) is 6.44. The average Bonchev–Trinajstić information content (AvgIpc) is 2.81. The Labute approximate surface area is 132 Å². The summed E-state index contributed by atoms with van der Waals surface area (Å²) in [5, 5.41) is 2.93. The predicted octanol–water partition coefficient (Wildman–Crippen LogP) is 2.87. The number of carbonyl (C=O) groups excluding carboxylic acids is 2. The lowest BCUT2D eigenvalue weighted by atomic mass is 10.1. The zero-order chi connectivity index (χ0) is 15.8. The van der Waals surface area contributed by atoms with E-state index < -0.39 is 11.8 Å². The lowest BCUT2D eigenvalue weighted by Gasteiger charge is -2.22. The minimum absolute atomic E-state index is 0.161. The van der Waals surface area contributed by atoms with Crippen LogP contribution in [0.3, 0.4) is 0 Å². The molecule has 1 aromatic carbocycles. The Bertz CT molecular complexity index is 479. The summed E-state index contributed by atoms with van der Waals surface area (Å²) in [6.45, 7) is 2.92. The van der Waals surface area contributed by atoms with Gasteiger partial charge < -0.3 is 10.2 Å². The van der Waals surface area contributed by atoms with Gasteiger partial charge in [-0.15, -0.1) is 0 Å². The minimum Gasteiger partial charge on any atom is -0.345 e. The number of amides is 2. The van der Waals surface area contributed by atoms with Crippen molar-refractivity contribution in [1.29, 1.82) is 0 Å². The molecule has 2 rings (SSSR count). The number of hydrogen-bond donors (Lipinski definition) is 1. The van der Waals surface area contributed by atoms with E-state index in [0.717, 1.165) is 31.2 Å². The Morgan fingerprint density at radius 1 is 1.09 bits per heavy atom. The van der Waals surface area contributed by atoms with E-state index in [1.807, 2.05) is 37.3 Å². The lowest BCUT2D eigenvalue weighted by molar-refractivity contribution is -0.146. The summed E-state index contributed by atoms with van der Waals surface area (Å²) in [6.07, 6.45) is 6.72. The maximum Gasteiger partial charge on any atom is 0.312 e. The van der Waals surface area contributed by atoms with E-state index in [0.29, 0.717) is 13.1 Å². The first-order chi connectivity index (χ1) is 10.7. The normalized spacial score (nSPS) is 15.9. The van der Waals surface area contributed by atoms with Gasteiger partial charge in [0.25, 0.3) is 0 Å². The summed E-state index contributed by atoms with van der Waals surface area (Å²) in [7, 11) is 0. The van der Waals surface area contributed by atoms with Crippen LogP contribution in [0.15, 0.2) is 30.3 Å². The molecule has 0 heterocycles.